The molecule has 148 valence electrons. The van der Waals surface area contributed by atoms with E-state index in [9.17, 15) is 9.59 Å². The van der Waals surface area contributed by atoms with E-state index in [4.69, 9.17) is 16.0 Å². The van der Waals surface area contributed by atoms with Gasteiger partial charge in [-0.2, -0.15) is 0 Å². The first-order valence-electron chi connectivity index (χ1n) is 9.16. The third-order valence-corrected chi connectivity index (χ3v) is 5.76. The van der Waals surface area contributed by atoms with Crippen LogP contribution in [-0.2, 0) is 17.8 Å². The number of fused-ring (bicyclic) bond motifs is 1. The van der Waals surface area contributed by atoms with Gasteiger partial charge in [-0.05, 0) is 30.2 Å². The third-order valence-electron chi connectivity index (χ3n) is 4.48. The van der Waals surface area contributed by atoms with Gasteiger partial charge in [0.25, 0.3) is 0 Å². The topological polar surface area (TPSA) is 77.1 Å². The molecule has 0 fully saturated rings. The van der Waals surface area contributed by atoms with Gasteiger partial charge in [0.05, 0.1) is 5.52 Å². The number of anilines is 1. The molecule has 0 spiro atoms. The molecule has 0 aliphatic rings. The number of aryl methyl sites for hydroxylation is 1. The molecule has 0 atom stereocenters. The minimum absolute atomic E-state index is 0.135. The number of nitrogens with zero attached hydrogens (tertiary/aromatic N) is 2. The summed E-state index contributed by atoms with van der Waals surface area (Å²) in [5.41, 5.74) is 2.31. The van der Waals surface area contributed by atoms with Gasteiger partial charge in [-0.1, -0.05) is 41.9 Å². The number of oxazole rings is 1. The van der Waals surface area contributed by atoms with Crippen LogP contribution in [0.1, 0.15) is 23.3 Å². The predicted molar refractivity (Wildman–Crippen MR) is 115 cm³/mol. The molecule has 0 saturated carbocycles. The highest BCUT2D eigenvalue weighted by Gasteiger charge is 2.11. The van der Waals surface area contributed by atoms with Crippen molar-refractivity contribution >= 4 is 45.1 Å². The lowest BCUT2D eigenvalue weighted by Crippen LogP contribution is -2.17. The minimum Gasteiger partial charge on any atom is -0.408 e. The molecule has 4 rings (SSSR count). The van der Waals surface area contributed by atoms with E-state index < -0.39 is 5.76 Å². The highest BCUT2D eigenvalue weighted by Crippen LogP contribution is 2.24. The quantitative estimate of drug-likeness (QED) is 0.463. The van der Waals surface area contributed by atoms with Crippen molar-refractivity contribution in [2.24, 2.45) is 0 Å². The van der Waals surface area contributed by atoms with Crippen molar-refractivity contribution in [1.82, 2.24) is 9.55 Å². The number of halogens is 1. The Morgan fingerprint density at radius 3 is 2.83 bits per heavy atom. The molecule has 8 heteroatoms. The maximum Gasteiger partial charge on any atom is 0.419 e. The van der Waals surface area contributed by atoms with Crippen molar-refractivity contribution in [3.05, 3.63) is 80.7 Å². The van der Waals surface area contributed by atoms with Crippen LogP contribution in [0.2, 0.25) is 5.02 Å². The Balaban J connectivity index is 1.31. The molecule has 2 aromatic carbocycles. The fraction of sp³-hybridized carbons (Fsp3) is 0.190. The van der Waals surface area contributed by atoms with Gasteiger partial charge in [0.15, 0.2) is 10.7 Å². The maximum atomic E-state index is 12.2. The van der Waals surface area contributed by atoms with Crippen molar-refractivity contribution in [1.29, 1.82) is 0 Å². The predicted octanol–water partition coefficient (Wildman–Crippen LogP) is 4.71. The highest BCUT2D eigenvalue weighted by molar-refractivity contribution is 7.15. The average Bonchev–Trinajstić information content (AvgIpc) is 3.27. The fourth-order valence-electron chi connectivity index (χ4n) is 3.08. The standard InChI is InChI=1S/C21H18ClN3O3S/c22-16-7-2-1-6-14(16)12-15-13-23-20(29-15)24-19(26)10-5-11-25-17-8-3-4-9-18(17)28-21(25)27/h1-4,6-9,13H,5,10-12H2,(H,23,24,26). The van der Waals surface area contributed by atoms with E-state index in [2.05, 4.69) is 10.3 Å². The molecule has 2 aromatic heterocycles. The smallest absolute Gasteiger partial charge is 0.408 e. The SMILES string of the molecule is O=C(CCCn1c(=O)oc2ccccc21)Nc1ncc(Cc2ccccc2Cl)s1. The van der Waals surface area contributed by atoms with Crippen molar-refractivity contribution < 1.29 is 9.21 Å². The summed E-state index contributed by atoms with van der Waals surface area (Å²) < 4.78 is 6.75. The van der Waals surface area contributed by atoms with Crippen LogP contribution in [0.25, 0.3) is 11.1 Å². The van der Waals surface area contributed by atoms with Crippen LogP contribution >= 0.6 is 22.9 Å². The van der Waals surface area contributed by atoms with Gasteiger partial charge in [0.1, 0.15) is 0 Å². The molecule has 0 aliphatic heterocycles. The monoisotopic (exact) mass is 427 g/mol. The second kappa shape index (κ2) is 8.63. The number of rotatable bonds is 7. The molecular weight excluding hydrogens is 410 g/mol. The van der Waals surface area contributed by atoms with Crippen LogP contribution < -0.4 is 11.1 Å². The Hall–Kier alpha value is -2.90. The van der Waals surface area contributed by atoms with E-state index in [-0.39, 0.29) is 12.3 Å². The first-order chi connectivity index (χ1) is 14.1. The number of aromatic nitrogens is 2. The molecular formula is C21H18ClN3O3S. The largest absolute Gasteiger partial charge is 0.419 e. The summed E-state index contributed by atoms with van der Waals surface area (Å²) in [6, 6.07) is 14.9. The van der Waals surface area contributed by atoms with Crippen molar-refractivity contribution in [3.63, 3.8) is 0 Å². The first-order valence-corrected chi connectivity index (χ1v) is 10.4. The molecule has 1 N–H and O–H groups in total. The van der Waals surface area contributed by atoms with E-state index in [1.54, 1.807) is 16.8 Å². The second-order valence-corrected chi connectivity index (χ2v) is 8.06. The molecule has 0 bridgehead atoms. The van der Waals surface area contributed by atoms with Crippen LogP contribution in [0.3, 0.4) is 0 Å². The molecule has 6 nitrogen and oxygen atoms in total. The zero-order valence-electron chi connectivity index (χ0n) is 15.4. The normalized spacial score (nSPS) is 11.1. The van der Waals surface area contributed by atoms with Gasteiger partial charge in [-0.25, -0.2) is 9.78 Å². The summed E-state index contributed by atoms with van der Waals surface area (Å²) in [4.78, 5) is 29.5. The Morgan fingerprint density at radius 1 is 1.17 bits per heavy atom. The summed E-state index contributed by atoms with van der Waals surface area (Å²) in [5.74, 6) is -0.541. The molecule has 2 heterocycles. The van der Waals surface area contributed by atoms with Crippen molar-refractivity contribution in [3.8, 4) is 0 Å². The Labute approximate surface area is 175 Å². The van der Waals surface area contributed by atoms with Crippen molar-refractivity contribution in [2.45, 2.75) is 25.8 Å². The van der Waals surface area contributed by atoms with Crippen LogP contribution in [-0.4, -0.2) is 15.5 Å². The molecule has 0 unspecified atom stereocenters. The number of hydrogen-bond donors (Lipinski definition) is 1. The van der Waals surface area contributed by atoms with Gasteiger partial charge in [-0.15, -0.1) is 11.3 Å². The summed E-state index contributed by atoms with van der Waals surface area (Å²) in [5, 5.41) is 4.09. The van der Waals surface area contributed by atoms with Crippen LogP contribution in [0.4, 0.5) is 5.13 Å². The zero-order valence-corrected chi connectivity index (χ0v) is 17.0. The Kier molecular flexibility index (Phi) is 5.78. The number of carbonyl (C=O) groups is 1. The number of thiazole rings is 1. The van der Waals surface area contributed by atoms with Crippen LogP contribution in [0.5, 0.6) is 0 Å². The number of amides is 1. The molecule has 1 amide bonds. The van der Waals surface area contributed by atoms with E-state index >= 15 is 0 Å². The lowest BCUT2D eigenvalue weighted by molar-refractivity contribution is -0.116. The van der Waals surface area contributed by atoms with Gasteiger partial charge in [0.2, 0.25) is 5.91 Å². The van der Waals surface area contributed by atoms with E-state index in [1.165, 1.54) is 11.3 Å². The number of hydrogen-bond acceptors (Lipinski definition) is 5. The summed E-state index contributed by atoms with van der Waals surface area (Å²) in [6.45, 7) is 0.416. The van der Waals surface area contributed by atoms with Crippen LogP contribution in [0.15, 0.2) is 63.9 Å². The number of para-hydroxylation sites is 2. The molecule has 0 saturated heterocycles. The Bertz CT molecular complexity index is 1210. The first kappa shape index (κ1) is 19.4. The van der Waals surface area contributed by atoms with Crippen LogP contribution in [0, 0.1) is 0 Å². The highest BCUT2D eigenvalue weighted by atomic mass is 35.5. The van der Waals surface area contributed by atoms with E-state index in [0.717, 1.165) is 16.0 Å². The molecule has 0 radical (unpaired) electrons. The van der Waals surface area contributed by atoms with E-state index in [0.29, 0.717) is 35.1 Å². The number of benzene rings is 2. The van der Waals surface area contributed by atoms with Gasteiger partial charge >= 0.3 is 5.76 Å². The third kappa shape index (κ3) is 4.58. The summed E-state index contributed by atoms with van der Waals surface area (Å²) in [6.07, 6.45) is 3.23. The summed E-state index contributed by atoms with van der Waals surface area (Å²) in [7, 11) is 0. The maximum absolute atomic E-state index is 12.2. The number of carbonyl (C=O) groups excluding carboxylic acids is 1. The molecule has 0 aliphatic carbocycles. The molecule has 4 aromatic rings. The second-order valence-electron chi connectivity index (χ2n) is 6.54. The molecule has 29 heavy (non-hydrogen) atoms. The van der Waals surface area contributed by atoms with Gasteiger partial charge in [0, 0.05) is 35.5 Å². The fourth-order valence-corrected chi connectivity index (χ4v) is 4.14. The lowest BCUT2D eigenvalue weighted by atomic mass is 10.1. The lowest BCUT2D eigenvalue weighted by Gasteiger charge is -2.03. The minimum atomic E-state index is -0.407. The van der Waals surface area contributed by atoms with Gasteiger partial charge in [-0.3, -0.25) is 9.36 Å². The number of nitrogens with one attached hydrogen (secondary N) is 1. The summed E-state index contributed by atoms with van der Waals surface area (Å²) >= 11 is 7.62. The average molecular weight is 428 g/mol. The van der Waals surface area contributed by atoms with Gasteiger partial charge < -0.3 is 9.73 Å². The van der Waals surface area contributed by atoms with Crippen molar-refractivity contribution in [2.75, 3.05) is 5.32 Å². The zero-order chi connectivity index (χ0) is 20.2. The van der Waals surface area contributed by atoms with E-state index in [1.807, 2.05) is 42.5 Å². The Morgan fingerprint density at radius 2 is 1.97 bits per heavy atom.